The molecule has 1 fully saturated rings. The molecule has 4 heteroatoms. The van der Waals surface area contributed by atoms with Gasteiger partial charge in [-0.1, -0.05) is 19.8 Å². The molecule has 0 bridgehead atoms. The zero-order valence-electron chi connectivity index (χ0n) is 10.6. The molecule has 2 rings (SSSR count). The summed E-state index contributed by atoms with van der Waals surface area (Å²) in [5.41, 5.74) is 6.37. The summed E-state index contributed by atoms with van der Waals surface area (Å²) < 4.78 is 0. The highest BCUT2D eigenvalue weighted by atomic mass is 15.2. The van der Waals surface area contributed by atoms with E-state index in [-0.39, 0.29) is 0 Å². The average molecular weight is 234 g/mol. The molecule has 17 heavy (non-hydrogen) atoms. The quantitative estimate of drug-likeness (QED) is 0.865. The molecule has 0 unspecified atom stereocenters. The summed E-state index contributed by atoms with van der Waals surface area (Å²) in [4.78, 5) is 11.1. The molecule has 1 aliphatic heterocycles. The Kier molecular flexibility index (Phi) is 4.31. The predicted octanol–water partition coefficient (Wildman–Crippen LogP) is 1.95. The second-order valence-electron chi connectivity index (χ2n) is 4.79. The number of aromatic nitrogens is 2. The van der Waals surface area contributed by atoms with Crippen LogP contribution in [0.5, 0.6) is 0 Å². The zero-order valence-corrected chi connectivity index (χ0v) is 10.6. The van der Waals surface area contributed by atoms with Gasteiger partial charge in [-0.2, -0.15) is 0 Å². The summed E-state index contributed by atoms with van der Waals surface area (Å²) in [5.74, 6) is 1.91. The molecular formula is C13H22N4. The van der Waals surface area contributed by atoms with Gasteiger partial charge in [-0.3, -0.25) is 4.98 Å². The van der Waals surface area contributed by atoms with Gasteiger partial charge in [0.2, 0.25) is 0 Å². The number of piperidine rings is 1. The van der Waals surface area contributed by atoms with Crippen molar-refractivity contribution in [1.29, 1.82) is 0 Å². The van der Waals surface area contributed by atoms with Crippen molar-refractivity contribution >= 4 is 5.82 Å². The molecule has 0 atom stereocenters. The first kappa shape index (κ1) is 12.3. The molecule has 0 aromatic carbocycles. The molecule has 94 valence electrons. The first-order valence-corrected chi connectivity index (χ1v) is 6.59. The van der Waals surface area contributed by atoms with Crippen LogP contribution >= 0.6 is 0 Å². The Labute approximate surface area is 103 Å². The van der Waals surface area contributed by atoms with Crippen molar-refractivity contribution in [2.45, 2.75) is 39.2 Å². The van der Waals surface area contributed by atoms with Crippen LogP contribution in [0.1, 0.15) is 38.3 Å². The Bertz CT molecular complexity index is 328. The van der Waals surface area contributed by atoms with Crippen molar-refractivity contribution < 1.29 is 0 Å². The lowest BCUT2D eigenvalue weighted by Gasteiger charge is -2.32. The first-order chi connectivity index (χ1) is 8.33. The number of hydrogen-bond donors (Lipinski definition) is 1. The van der Waals surface area contributed by atoms with Crippen LogP contribution in [0.3, 0.4) is 0 Å². The Balaban J connectivity index is 1.91. The number of anilines is 1. The highest BCUT2D eigenvalue weighted by molar-refractivity contribution is 5.36. The van der Waals surface area contributed by atoms with E-state index < -0.39 is 0 Å². The molecular weight excluding hydrogens is 212 g/mol. The minimum Gasteiger partial charge on any atom is -0.355 e. The molecule has 2 N–H and O–H groups in total. The van der Waals surface area contributed by atoms with Gasteiger partial charge < -0.3 is 10.6 Å². The number of nitrogens with zero attached hydrogens (tertiary/aromatic N) is 3. The molecule has 0 spiro atoms. The molecule has 0 aliphatic carbocycles. The van der Waals surface area contributed by atoms with Crippen LogP contribution in [0, 0.1) is 5.92 Å². The molecule has 1 aliphatic rings. The highest BCUT2D eigenvalue weighted by Crippen LogP contribution is 2.24. The minimum absolute atomic E-state index is 0.464. The third-order valence-corrected chi connectivity index (χ3v) is 3.54. The number of nitrogens with two attached hydrogens (primary N) is 1. The van der Waals surface area contributed by atoms with Gasteiger partial charge in [0, 0.05) is 19.6 Å². The summed E-state index contributed by atoms with van der Waals surface area (Å²) in [6.07, 6.45) is 8.87. The van der Waals surface area contributed by atoms with Gasteiger partial charge in [-0.05, 0) is 18.8 Å². The molecule has 2 heterocycles. The SMILES string of the molecule is CCCC1CCN(c2cnc(CN)cn2)CC1. The van der Waals surface area contributed by atoms with E-state index in [1.165, 1.54) is 25.7 Å². The molecule has 1 saturated heterocycles. The third kappa shape index (κ3) is 3.16. The Morgan fingerprint density at radius 2 is 2.06 bits per heavy atom. The molecule has 1 aromatic heterocycles. The zero-order chi connectivity index (χ0) is 12.1. The van der Waals surface area contributed by atoms with E-state index in [2.05, 4.69) is 21.8 Å². The van der Waals surface area contributed by atoms with Gasteiger partial charge in [0.1, 0.15) is 5.82 Å². The van der Waals surface area contributed by atoms with Crippen molar-refractivity contribution in [2.24, 2.45) is 11.7 Å². The molecule has 0 amide bonds. The van der Waals surface area contributed by atoms with E-state index in [1.54, 1.807) is 6.20 Å². The van der Waals surface area contributed by atoms with Crippen LogP contribution in [-0.4, -0.2) is 23.1 Å². The maximum atomic E-state index is 5.51. The van der Waals surface area contributed by atoms with E-state index >= 15 is 0 Å². The normalized spacial score (nSPS) is 17.4. The van der Waals surface area contributed by atoms with Crippen molar-refractivity contribution in [1.82, 2.24) is 9.97 Å². The first-order valence-electron chi connectivity index (χ1n) is 6.59. The fourth-order valence-corrected chi connectivity index (χ4v) is 2.48. The molecule has 4 nitrogen and oxygen atoms in total. The van der Waals surface area contributed by atoms with Crippen LogP contribution in [0.15, 0.2) is 12.4 Å². The Hall–Kier alpha value is -1.16. The summed E-state index contributed by atoms with van der Waals surface area (Å²) in [5, 5.41) is 0. The summed E-state index contributed by atoms with van der Waals surface area (Å²) in [6, 6.07) is 0. The average Bonchev–Trinajstić information content (AvgIpc) is 2.40. The van der Waals surface area contributed by atoms with Gasteiger partial charge >= 0.3 is 0 Å². The van der Waals surface area contributed by atoms with Gasteiger partial charge in [-0.25, -0.2) is 4.98 Å². The summed E-state index contributed by atoms with van der Waals surface area (Å²) in [7, 11) is 0. The second-order valence-corrected chi connectivity index (χ2v) is 4.79. The van der Waals surface area contributed by atoms with Gasteiger partial charge in [-0.15, -0.1) is 0 Å². The van der Waals surface area contributed by atoms with Crippen molar-refractivity contribution in [3.8, 4) is 0 Å². The van der Waals surface area contributed by atoms with E-state index in [1.807, 2.05) is 6.20 Å². The van der Waals surface area contributed by atoms with Crippen LogP contribution in [0.25, 0.3) is 0 Å². The van der Waals surface area contributed by atoms with Crippen LogP contribution in [-0.2, 0) is 6.54 Å². The highest BCUT2D eigenvalue weighted by Gasteiger charge is 2.19. The smallest absolute Gasteiger partial charge is 0.147 e. The van der Waals surface area contributed by atoms with Gasteiger partial charge in [0.15, 0.2) is 0 Å². The topological polar surface area (TPSA) is 55.0 Å². The van der Waals surface area contributed by atoms with E-state index in [4.69, 9.17) is 5.73 Å². The lowest BCUT2D eigenvalue weighted by Crippen LogP contribution is -2.34. The minimum atomic E-state index is 0.464. The van der Waals surface area contributed by atoms with E-state index in [9.17, 15) is 0 Å². The summed E-state index contributed by atoms with van der Waals surface area (Å²) >= 11 is 0. The maximum Gasteiger partial charge on any atom is 0.147 e. The van der Waals surface area contributed by atoms with Crippen LogP contribution in [0.2, 0.25) is 0 Å². The Morgan fingerprint density at radius 1 is 1.29 bits per heavy atom. The van der Waals surface area contributed by atoms with Crippen LogP contribution < -0.4 is 10.6 Å². The molecule has 0 radical (unpaired) electrons. The lowest BCUT2D eigenvalue weighted by atomic mass is 9.92. The molecule has 0 saturated carbocycles. The van der Waals surface area contributed by atoms with Gasteiger partial charge in [0.05, 0.1) is 18.1 Å². The number of rotatable bonds is 4. The Morgan fingerprint density at radius 3 is 2.59 bits per heavy atom. The number of hydrogen-bond acceptors (Lipinski definition) is 4. The lowest BCUT2D eigenvalue weighted by molar-refractivity contribution is 0.377. The van der Waals surface area contributed by atoms with Crippen molar-refractivity contribution in [2.75, 3.05) is 18.0 Å². The fourth-order valence-electron chi connectivity index (χ4n) is 2.48. The third-order valence-electron chi connectivity index (χ3n) is 3.54. The maximum absolute atomic E-state index is 5.51. The molecule has 1 aromatic rings. The van der Waals surface area contributed by atoms with Crippen molar-refractivity contribution in [3.05, 3.63) is 18.1 Å². The fraction of sp³-hybridized carbons (Fsp3) is 0.692. The van der Waals surface area contributed by atoms with E-state index in [0.29, 0.717) is 6.54 Å². The van der Waals surface area contributed by atoms with Gasteiger partial charge in [0.25, 0.3) is 0 Å². The van der Waals surface area contributed by atoms with E-state index in [0.717, 1.165) is 30.5 Å². The predicted molar refractivity (Wildman–Crippen MR) is 69.8 cm³/mol. The monoisotopic (exact) mass is 234 g/mol. The second kappa shape index (κ2) is 5.96. The van der Waals surface area contributed by atoms with Crippen LogP contribution in [0.4, 0.5) is 5.82 Å². The summed E-state index contributed by atoms with van der Waals surface area (Å²) in [6.45, 7) is 4.96. The van der Waals surface area contributed by atoms with Crippen molar-refractivity contribution in [3.63, 3.8) is 0 Å². The standard InChI is InChI=1S/C13H22N4/c1-2-3-11-4-6-17(7-5-11)13-10-15-12(8-14)9-16-13/h9-11H,2-8,14H2,1H3. The largest absolute Gasteiger partial charge is 0.355 e.